The molecule has 0 saturated carbocycles. The summed E-state index contributed by atoms with van der Waals surface area (Å²) in [5, 5.41) is 9.19. The summed E-state index contributed by atoms with van der Waals surface area (Å²) in [6, 6.07) is 13.1. The molecule has 0 aliphatic carbocycles. The summed E-state index contributed by atoms with van der Waals surface area (Å²) in [7, 11) is 3.20. The fraction of sp³-hybridized carbons (Fsp3) is 0.133. The van der Waals surface area contributed by atoms with Crippen LogP contribution in [0.2, 0.25) is 0 Å². The number of hydrogen-bond donors (Lipinski definition) is 1. The Bertz CT molecular complexity index is 643. The first-order valence-electron chi connectivity index (χ1n) is 5.87. The van der Waals surface area contributed by atoms with Crippen molar-refractivity contribution in [1.82, 2.24) is 0 Å². The Balaban J connectivity index is 2.40. The molecule has 2 aromatic rings. The molecule has 0 unspecified atom stereocenters. The van der Waals surface area contributed by atoms with Crippen LogP contribution in [-0.2, 0) is 0 Å². The Morgan fingerprint density at radius 1 is 1.10 bits per heavy atom. The molecule has 0 fully saturated rings. The minimum Gasteiger partial charge on any atom is -0.497 e. The maximum absolute atomic E-state index is 9.19. The third-order valence-electron chi connectivity index (χ3n) is 2.72. The second-order valence-electron chi connectivity index (χ2n) is 3.98. The molecule has 4 nitrogen and oxygen atoms in total. The van der Waals surface area contributed by atoms with Gasteiger partial charge in [0.05, 0.1) is 25.5 Å². The van der Waals surface area contributed by atoms with Crippen LogP contribution >= 0.6 is 11.8 Å². The standard InChI is InChI=1S/C15H14N2O2S/c1-18-10-6-11(19-2)8-12(7-10)20-15-5-3-4-14(17)13(15)9-16/h3-8H,17H2,1-2H3. The van der Waals surface area contributed by atoms with Gasteiger partial charge in [-0.1, -0.05) is 17.8 Å². The lowest BCUT2D eigenvalue weighted by atomic mass is 10.2. The zero-order valence-corrected chi connectivity index (χ0v) is 12.0. The van der Waals surface area contributed by atoms with E-state index in [4.69, 9.17) is 15.2 Å². The van der Waals surface area contributed by atoms with Crippen LogP contribution in [0.4, 0.5) is 5.69 Å². The molecule has 0 spiro atoms. The lowest BCUT2D eigenvalue weighted by Crippen LogP contribution is -1.92. The highest BCUT2D eigenvalue weighted by Gasteiger charge is 2.09. The topological polar surface area (TPSA) is 68.3 Å². The van der Waals surface area contributed by atoms with Crippen LogP contribution in [0.3, 0.4) is 0 Å². The predicted octanol–water partition coefficient (Wildman–Crippen LogP) is 3.31. The van der Waals surface area contributed by atoms with Crippen LogP contribution in [-0.4, -0.2) is 14.2 Å². The van der Waals surface area contributed by atoms with Gasteiger partial charge in [0.15, 0.2) is 0 Å². The van der Waals surface area contributed by atoms with E-state index < -0.39 is 0 Å². The average Bonchev–Trinajstić information content (AvgIpc) is 2.47. The number of methoxy groups -OCH3 is 2. The summed E-state index contributed by atoms with van der Waals surface area (Å²) in [5.41, 5.74) is 6.78. The summed E-state index contributed by atoms with van der Waals surface area (Å²) in [4.78, 5) is 1.73. The predicted molar refractivity (Wildman–Crippen MR) is 79.2 cm³/mol. The fourth-order valence-corrected chi connectivity index (χ4v) is 2.74. The SMILES string of the molecule is COc1cc(OC)cc(Sc2cccc(N)c2C#N)c1. The number of nitrogens with zero attached hydrogens (tertiary/aromatic N) is 1. The molecule has 0 aliphatic rings. The largest absolute Gasteiger partial charge is 0.497 e. The molecule has 0 atom stereocenters. The lowest BCUT2D eigenvalue weighted by Gasteiger charge is -2.09. The third kappa shape index (κ3) is 2.98. The quantitative estimate of drug-likeness (QED) is 0.873. The zero-order chi connectivity index (χ0) is 14.5. The van der Waals surface area contributed by atoms with Crippen LogP contribution < -0.4 is 15.2 Å². The Morgan fingerprint density at radius 3 is 2.30 bits per heavy atom. The Morgan fingerprint density at radius 2 is 1.75 bits per heavy atom. The fourth-order valence-electron chi connectivity index (χ4n) is 1.72. The van der Waals surface area contributed by atoms with Crippen molar-refractivity contribution in [3.63, 3.8) is 0 Å². The molecule has 5 heteroatoms. The van der Waals surface area contributed by atoms with E-state index in [1.165, 1.54) is 11.8 Å². The third-order valence-corrected chi connectivity index (χ3v) is 3.75. The van der Waals surface area contributed by atoms with Crippen LogP contribution in [0.5, 0.6) is 11.5 Å². The highest BCUT2D eigenvalue weighted by Crippen LogP contribution is 2.36. The lowest BCUT2D eigenvalue weighted by molar-refractivity contribution is 0.392. The molecule has 0 amide bonds. The molecule has 0 bridgehead atoms. The van der Waals surface area contributed by atoms with Gasteiger partial charge in [-0.15, -0.1) is 0 Å². The maximum Gasteiger partial charge on any atom is 0.123 e. The van der Waals surface area contributed by atoms with Crippen LogP contribution in [0.1, 0.15) is 5.56 Å². The minimum absolute atomic E-state index is 0.479. The van der Waals surface area contributed by atoms with Crippen molar-refractivity contribution >= 4 is 17.4 Å². The maximum atomic E-state index is 9.19. The number of benzene rings is 2. The molecule has 102 valence electrons. The number of nitrogens with two attached hydrogens (primary N) is 1. The smallest absolute Gasteiger partial charge is 0.123 e. The van der Waals surface area contributed by atoms with Crippen LogP contribution in [0.25, 0.3) is 0 Å². The normalized spacial score (nSPS) is 9.85. The highest BCUT2D eigenvalue weighted by molar-refractivity contribution is 7.99. The second-order valence-corrected chi connectivity index (χ2v) is 5.10. The molecule has 20 heavy (non-hydrogen) atoms. The summed E-state index contributed by atoms with van der Waals surface area (Å²) in [6.07, 6.45) is 0. The molecule has 0 radical (unpaired) electrons. The first-order chi connectivity index (χ1) is 9.67. The number of ether oxygens (including phenoxy) is 2. The monoisotopic (exact) mass is 286 g/mol. The molecule has 2 rings (SSSR count). The van der Waals surface area contributed by atoms with Crippen molar-refractivity contribution in [2.45, 2.75) is 9.79 Å². The molecular weight excluding hydrogens is 272 g/mol. The van der Waals surface area contributed by atoms with Crippen molar-refractivity contribution in [3.8, 4) is 17.6 Å². The van der Waals surface area contributed by atoms with Gasteiger partial charge in [0.25, 0.3) is 0 Å². The van der Waals surface area contributed by atoms with Gasteiger partial charge < -0.3 is 15.2 Å². The van der Waals surface area contributed by atoms with E-state index in [2.05, 4.69) is 6.07 Å². The van der Waals surface area contributed by atoms with Gasteiger partial charge in [-0.2, -0.15) is 5.26 Å². The Labute approximate surface area is 122 Å². The van der Waals surface area contributed by atoms with Gasteiger partial charge >= 0.3 is 0 Å². The van der Waals surface area contributed by atoms with E-state index in [9.17, 15) is 5.26 Å². The second kappa shape index (κ2) is 6.22. The Hall–Kier alpha value is -2.32. The van der Waals surface area contributed by atoms with E-state index >= 15 is 0 Å². The van der Waals surface area contributed by atoms with E-state index in [1.54, 1.807) is 26.4 Å². The van der Waals surface area contributed by atoms with E-state index in [0.29, 0.717) is 22.7 Å². The number of nitriles is 1. The number of rotatable bonds is 4. The van der Waals surface area contributed by atoms with Gasteiger partial charge in [-0.25, -0.2) is 0 Å². The zero-order valence-electron chi connectivity index (χ0n) is 11.2. The molecular formula is C15H14N2O2S. The number of nitrogen functional groups attached to an aromatic ring is 1. The van der Waals surface area contributed by atoms with Crippen LogP contribution in [0.15, 0.2) is 46.2 Å². The molecule has 0 aliphatic heterocycles. The molecule has 2 N–H and O–H groups in total. The molecule has 0 aromatic heterocycles. The van der Waals surface area contributed by atoms with E-state index in [-0.39, 0.29) is 0 Å². The average molecular weight is 286 g/mol. The van der Waals surface area contributed by atoms with Gasteiger partial charge in [-0.05, 0) is 24.3 Å². The Kier molecular flexibility index (Phi) is 4.38. The van der Waals surface area contributed by atoms with E-state index in [1.807, 2.05) is 24.3 Å². The minimum atomic E-state index is 0.479. The van der Waals surface area contributed by atoms with Crippen molar-refractivity contribution in [1.29, 1.82) is 5.26 Å². The van der Waals surface area contributed by atoms with Crippen molar-refractivity contribution < 1.29 is 9.47 Å². The van der Waals surface area contributed by atoms with Crippen molar-refractivity contribution in [2.24, 2.45) is 0 Å². The first kappa shape index (κ1) is 14.1. The van der Waals surface area contributed by atoms with Gasteiger partial charge in [-0.3, -0.25) is 0 Å². The molecule has 0 saturated heterocycles. The number of hydrogen-bond acceptors (Lipinski definition) is 5. The summed E-state index contributed by atoms with van der Waals surface area (Å²) < 4.78 is 10.5. The van der Waals surface area contributed by atoms with Crippen LogP contribution in [0, 0.1) is 11.3 Å². The summed E-state index contributed by atoms with van der Waals surface area (Å²) in [6.45, 7) is 0. The number of anilines is 1. The molecule has 0 heterocycles. The van der Waals surface area contributed by atoms with Gasteiger partial charge in [0, 0.05) is 15.9 Å². The van der Waals surface area contributed by atoms with Gasteiger partial charge in [0.2, 0.25) is 0 Å². The highest BCUT2D eigenvalue weighted by atomic mass is 32.2. The van der Waals surface area contributed by atoms with Gasteiger partial charge in [0.1, 0.15) is 17.6 Å². The van der Waals surface area contributed by atoms with E-state index in [0.717, 1.165) is 9.79 Å². The summed E-state index contributed by atoms with van der Waals surface area (Å²) >= 11 is 1.45. The van der Waals surface area contributed by atoms with Crippen molar-refractivity contribution in [2.75, 3.05) is 20.0 Å². The molecule has 2 aromatic carbocycles. The summed E-state index contributed by atoms with van der Waals surface area (Å²) in [5.74, 6) is 1.41. The first-order valence-corrected chi connectivity index (χ1v) is 6.69. The van der Waals surface area contributed by atoms with Crippen molar-refractivity contribution in [3.05, 3.63) is 42.0 Å².